The van der Waals surface area contributed by atoms with Crippen LogP contribution in [0, 0.1) is 5.92 Å². The number of carbonyl (C=O) groups is 1. The van der Waals surface area contributed by atoms with Gasteiger partial charge in [-0.2, -0.15) is 8.42 Å². The van der Waals surface area contributed by atoms with E-state index in [-0.39, 0.29) is 22.2 Å². The molecule has 3 heterocycles. The second kappa shape index (κ2) is 10.5. The van der Waals surface area contributed by atoms with Crippen molar-refractivity contribution in [3.05, 3.63) is 42.1 Å². The monoisotopic (exact) mass is 499 g/mol. The zero-order valence-corrected chi connectivity index (χ0v) is 21.8. The van der Waals surface area contributed by atoms with Crippen molar-refractivity contribution < 1.29 is 13.2 Å². The topological polar surface area (TPSA) is 104 Å². The molecule has 0 aromatic carbocycles. The minimum absolute atomic E-state index is 0.178. The maximum absolute atomic E-state index is 13.2. The molecule has 1 atom stereocenters. The van der Waals surface area contributed by atoms with Crippen molar-refractivity contribution in [1.82, 2.24) is 14.7 Å². The normalized spacial score (nSPS) is 21.2. The van der Waals surface area contributed by atoms with Crippen LogP contribution in [0.4, 0.5) is 11.6 Å². The van der Waals surface area contributed by atoms with Crippen LogP contribution in [0.3, 0.4) is 0 Å². The molecule has 9 heteroatoms. The Hall–Kier alpha value is -2.68. The predicted octanol–water partition coefficient (Wildman–Crippen LogP) is 4.74. The Morgan fingerprint density at radius 3 is 2.46 bits per heavy atom. The maximum atomic E-state index is 13.2. The number of anilines is 2. The smallest absolute Gasteiger partial charge is 0.281 e. The number of carbonyl (C=O) groups excluding carboxylic acids is 1. The van der Waals surface area contributed by atoms with Gasteiger partial charge in [0.25, 0.3) is 15.9 Å². The number of sulfonamides is 1. The molecule has 1 saturated carbocycles. The number of rotatable bonds is 6. The number of amides is 1. The average Bonchev–Trinajstić information content (AvgIpc) is 3.07. The average molecular weight is 500 g/mol. The second-order valence-electron chi connectivity index (χ2n) is 10.6. The molecule has 0 spiro atoms. The largest absolute Gasteiger partial charge is 0.367 e. The van der Waals surface area contributed by atoms with Crippen LogP contribution >= 0.6 is 0 Å². The van der Waals surface area contributed by atoms with E-state index in [4.69, 9.17) is 0 Å². The maximum Gasteiger partial charge on any atom is 0.281 e. The van der Waals surface area contributed by atoms with Gasteiger partial charge in [0.1, 0.15) is 11.6 Å². The molecule has 0 radical (unpaired) electrons. The van der Waals surface area contributed by atoms with Crippen LogP contribution in [0.1, 0.15) is 82.5 Å². The Bertz CT molecular complexity index is 1140. The second-order valence-corrected chi connectivity index (χ2v) is 12.2. The number of nitrogens with one attached hydrogen (secondary N) is 2. The van der Waals surface area contributed by atoms with Gasteiger partial charge in [0, 0.05) is 24.3 Å². The Labute approximate surface area is 209 Å². The molecule has 2 aliphatic rings. The van der Waals surface area contributed by atoms with Crippen molar-refractivity contribution in [2.75, 3.05) is 16.8 Å². The van der Waals surface area contributed by atoms with Gasteiger partial charge in [0.2, 0.25) is 0 Å². The Kier molecular flexibility index (Phi) is 7.64. The van der Waals surface area contributed by atoms with E-state index in [1.165, 1.54) is 25.3 Å². The summed E-state index contributed by atoms with van der Waals surface area (Å²) in [5.41, 5.74) is 0.0577. The van der Waals surface area contributed by atoms with Crippen LogP contribution in [0.5, 0.6) is 0 Å². The van der Waals surface area contributed by atoms with Gasteiger partial charge in [-0.1, -0.05) is 45.1 Å². The van der Waals surface area contributed by atoms with Crippen molar-refractivity contribution in [2.45, 2.75) is 88.7 Å². The quantitative estimate of drug-likeness (QED) is 0.591. The van der Waals surface area contributed by atoms with Crippen molar-refractivity contribution in [3.8, 4) is 0 Å². The van der Waals surface area contributed by atoms with Gasteiger partial charge in [-0.25, -0.2) is 14.7 Å². The molecule has 1 saturated heterocycles. The first-order valence-electron chi connectivity index (χ1n) is 12.7. The summed E-state index contributed by atoms with van der Waals surface area (Å²) in [6.45, 7) is 7.15. The Morgan fingerprint density at radius 1 is 1.06 bits per heavy atom. The molecule has 35 heavy (non-hydrogen) atoms. The number of aromatic nitrogens is 2. The molecule has 8 nitrogen and oxygen atoms in total. The molecule has 4 rings (SSSR count). The van der Waals surface area contributed by atoms with Crippen molar-refractivity contribution in [2.24, 2.45) is 5.92 Å². The summed E-state index contributed by atoms with van der Waals surface area (Å²) in [5, 5.41) is 3.22. The summed E-state index contributed by atoms with van der Waals surface area (Å²) in [6, 6.07) is 8.38. The van der Waals surface area contributed by atoms with Gasteiger partial charge < -0.3 is 10.2 Å². The fourth-order valence-corrected chi connectivity index (χ4v) is 6.37. The van der Waals surface area contributed by atoms with E-state index in [1.807, 2.05) is 0 Å². The standard InChI is InChI=1S/C26H37N5O3S/c1-19-17-26(2,3)31(18-19)24-21(13-10-16-27-24)25(32)30-35(33,34)23-15-9-14-22(29-23)28-20-11-7-5-4-6-8-12-20/h9-10,13-16,19-20H,4-8,11-12,17-18H2,1-3H3,(H,28,29)(H,30,32). The van der Waals surface area contributed by atoms with E-state index in [9.17, 15) is 13.2 Å². The first-order valence-corrected chi connectivity index (χ1v) is 14.2. The molecule has 190 valence electrons. The van der Waals surface area contributed by atoms with E-state index in [0.717, 1.165) is 38.6 Å². The molecule has 2 aromatic heterocycles. The third-order valence-electron chi connectivity index (χ3n) is 7.04. The van der Waals surface area contributed by atoms with Gasteiger partial charge in [-0.05, 0) is 63.3 Å². The van der Waals surface area contributed by atoms with Crippen LogP contribution in [0.25, 0.3) is 0 Å². The molecule has 1 aliphatic carbocycles. The van der Waals surface area contributed by atoms with Gasteiger partial charge in [0.15, 0.2) is 5.03 Å². The SMILES string of the molecule is CC1CN(c2ncccc2C(=O)NS(=O)(=O)c2cccc(NC3CCCCCCC3)n2)C(C)(C)C1. The molecular weight excluding hydrogens is 462 g/mol. The first kappa shape index (κ1) is 25.4. The highest BCUT2D eigenvalue weighted by Gasteiger charge is 2.39. The molecule has 0 bridgehead atoms. The third kappa shape index (κ3) is 6.12. The van der Waals surface area contributed by atoms with E-state index >= 15 is 0 Å². The van der Waals surface area contributed by atoms with Crippen LogP contribution < -0.4 is 14.9 Å². The lowest BCUT2D eigenvalue weighted by Gasteiger charge is -2.33. The lowest BCUT2D eigenvalue weighted by molar-refractivity contribution is 0.0981. The summed E-state index contributed by atoms with van der Waals surface area (Å²) >= 11 is 0. The summed E-state index contributed by atoms with van der Waals surface area (Å²) in [5.74, 6) is 0.760. The zero-order valence-electron chi connectivity index (χ0n) is 21.0. The molecule has 2 N–H and O–H groups in total. The molecular formula is C26H37N5O3S. The molecule has 1 amide bonds. The number of hydrogen-bond donors (Lipinski definition) is 2. The lowest BCUT2D eigenvalue weighted by Crippen LogP contribution is -2.41. The molecule has 1 unspecified atom stereocenters. The van der Waals surface area contributed by atoms with Gasteiger partial charge in [-0.15, -0.1) is 0 Å². The Balaban J connectivity index is 1.51. The fraction of sp³-hybridized carbons (Fsp3) is 0.577. The highest BCUT2D eigenvalue weighted by atomic mass is 32.2. The first-order chi connectivity index (χ1) is 16.7. The van der Waals surface area contributed by atoms with Gasteiger partial charge in [-0.3, -0.25) is 4.79 Å². The summed E-state index contributed by atoms with van der Waals surface area (Å²) in [6.07, 6.45) is 10.8. The number of nitrogens with zero attached hydrogens (tertiary/aromatic N) is 3. The van der Waals surface area contributed by atoms with E-state index in [2.05, 4.69) is 45.7 Å². The number of pyridine rings is 2. The van der Waals surface area contributed by atoms with Gasteiger partial charge in [0.05, 0.1) is 5.56 Å². The van der Waals surface area contributed by atoms with E-state index in [1.54, 1.807) is 30.5 Å². The zero-order chi connectivity index (χ0) is 25.1. The van der Waals surface area contributed by atoms with Crippen LogP contribution in [0.2, 0.25) is 0 Å². The highest BCUT2D eigenvalue weighted by Crippen LogP contribution is 2.37. The molecule has 1 aliphatic heterocycles. The predicted molar refractivity (Wildman–Crippen MR) is 138 cm³/mol. The minimum Gasteiger partial charge on any atom is -0.367 e. The summed E-state index contributed by atoms with van der Waals surface area (Å²) in [7, 11) is -4.16. The van der Waals surface area contributed by atoms with Crippen LogP contribution in [-0.2, 0) is 10.0 Å². The van der Waals surface area contributed by atoms with Crippen molar-refractivity contribution in [3.63, 3.8) is 0 Å². The van der Waals surface area contributed by atoms with E-state index in [0.29, 0.717) is 17.6 Å². The molecule has 2 fully saturated rings. The number of hydrogen-bond acceptors (Lipinski definition) is 7. The Morgan fingerprint density at radius 2 is 1.77 bits per heavy atom. The van der Waals surface area contributed by atoms with Crippen molar-refractivity contribution in [1.29, 1.82) is 0 Å². The summed E-state index contributed by atoms with van der Waals surface area (Å²) < 4.78 is 28.4. The fourth-order valence-electron chi connectivity index (χ4n) is 5.43. The van der Waals surface area contributed by atoms with Crippen molar-refractivity contribution >= 4 is 27.6 Å². The van der Waals surface area contributed by atoms with Crippen LogP contribution in [0.15, 0.2) is 41.6 Å². The third-order valence-corrected chi connectivity index (χ3v) is 8.28. The highest BCUT2D eigenvalue weighted by molar-refractivity contribution is 7.90. The van der Waals surface area contributed by atoms with Crippen LogP contribution in [-0.4, -0.2) is 42.4 Å². The van der Waals surface area contributed by atoms with E-state index < -0.39 is 15.9 Å². The lowest BCUT2D eigenvalue weighted by atomic mass is 9.97. The minimum atomic E-state index is -4.16. The molecule has 2 aromatic rings. The summed E-state index contributed by atoms with van der Waals surface area (Å²) in [4.78, 5) is 24.1. The van der Waals surface area contributed by atoms with Gasteiger partial charge >= 0.3 is 0 Å².